The van der Waals surface area contributed by atoms with Gasteiger partial charge in [-0.3, -0.25) is 4.79 Å². The molecule has 1 atom stereocenters. The van der Waals surface area contributed by atoms with E-state index >= 15 is 0 Å². The Morgan fingerprint density at radius 2 is 2.15 bits per heavy atom. The summed E-state index contributed by atoms with van der Waals surface area (Å²) in [4.78, 5) is 12.0. The molecular formula is C16H26N2O2. The summed E-state index contributed by atoms with van der Waals surface area (Å²) in [6.07, 6.45) is 3.51. The fourth-order valence-electron chi connectivity index (χ4n) is 2.24. The molecule has 0 saturated carbocycles. The number of ether oxygens (including phenoxy) is 1. The molecule has 0 bridgehead atoms. The van der Waals surface area contributed by atoms with Gasteiger partial charge in [0, 0.05) is 12.1 Å². The van der Waals surface area contributed by atoms with Gasteiger partial charge in [-0.15, -0.1) is 0 Å². The maximum atomic E-state index is 12.0. The summed E-state index contributed by atoms with van der Waals surface area (Å²) in [5.41, 5.74) is 7.43. The average Bonchev–Trinajstić information content (AvgIpc) is 2.45. The number of nitrogens with one attached hydrogen (secondary N) is 1. The van der Waals surface area contributed by atoms with Gasteiger partial charge in [-0.1, -0.05) is 13.3 Å². The zero-order chi connectivity index (χ0) is 15.0. The van der Waals surface area contributed by atoms with Gasteiger partial charge >= 0.3 is 0 Å². The molecule has 0 aliphatic rings. The normalized spacial score (nSPS) is 12.0. The van der Waals surface area contributed by atoms with Crippen molar-refractivity contribution in [1.82, 2.24) is 0 Å². The zero-order valence-corrected chi connectivity index (χ0v) is 12.7. The predicted octanol–water partition coefficient (Wildman–Crippen LogP) is 3.10. The van der Waals surface area contributed by atoms with Crippen molar-refractivity contribution >= 4 is 11.6 Å². The number of rotatable bonds is 8. The molecule has 0 radical (unpaired) electrons. The highest BCUT2D eigenvalue weighted by molar-refractivity contribution is 5.91. The lowest BCUT2D eigenvalue weighted by molar-refractivity contribution is -0.116. The van der Waals surface area contributed by atoms with E-state index in [9.17, 15) is 4.79 Å². The Kier molecular flexibility index (Phi) is 7.09. The molecule has 0 aliphatic carbocycles. The quantitative estimate of drug-likeness (QED) is 0.768. The maximum Gasteiger partial charge on any atom is 0.224 e. The molecule has 0 saturated heterocycles. The SMILES string of the molecule is CCC(CCN)CCC(=O)Nc1ccc(OC)cc1C. The Morgan fingerprint density at radius 1 is 1.40 bits per heavy atom. The highest BCUT2D eigenvalue weighted by atomic mass is 16.5. The largest absolute Gasteiger partial charge is 0.497 e. The summed E-state index contributed by atoms with van der Waals surface area (Å²) in [5.74, 6) is 1.41. The molecule has 3 N–H and O–H groups in total. The Balaban J connectivity index is 2.50. The first-order valence-corrected chi connectivity index (χ1v) is 7.25. The molecule has 4 heteroatoms. The first kappa shape index (κ1) is 16.5. The molecular weight excluding hydrogens is 252 g/mol. The average molecular weight is 278 g/mol. The second-order valence-electron chi connectivity index (χ2n) is 5.12. The van der Waals surface area contributed by atoms with Crippen LogP contribution < -0.4 is 15.8 Å². The minimum Gasteiger partial charge on any atom is -0.497 e. The van der Waals surface area contributed by atoms with Crippen LogP contribution in [-0.2, 0) is 4.79 Å². The first-order valence-electron chi connectivity index (χ1n) is 7.25. The van der Waals surface area contributed by atoms with E-state index in [1.807, 2.05) is 25.1 Å². The van der Waals surface area contributed by atoms with Gasteiger partial charge in [-0.2, -0.15) is 0 Å². The van der Waals surface area contributed by atoms with Crippen molar-refractivity contribution in [2.75, 3.05) is 19.0 Å². The van der Waals surface area contributed by atoms with Crippen LogP contribution in [0, 0.1) is 12.8 Å². The van der Waals surface area contributed by atoms with E-state index in [1.54, 1.807) is 7.11 Å². The summed E-state index contributed by atoms with van der Waals surface area (Å²) in [5, 5.41) is 2.96. The number of carbonyl (C=O) groups excluding carboxylic acids is 1. The van der Waals surface area contributed by atoms with Crippen LogP contribution in [0.5, 0.6) is 5.75 Å². The molecule has 1 rings (SSSR count). The van der Waals surface area contributed by atoms with Crippen molar-refractivity contribution in [3.05, 3.63) is 23.8 Å². The van der Waals surface area contributed by atoms with E-state index in [-0.39, 0.29) is 5.91 Å². The smallest absolute Gasteiger partial charge is 0.224 e. The van der Waals surface area contributed by atoms with Gasteiger partial charge in [0.25, 0.3) is 0 Å². The first-order chi connectivity index (χ1) is 9.60. The number of hydrogen-bond donors (Lipinski definition) is 2. The van der Waals surface area contributed by atoms with Crippen LogP contribution in [0.1, 0.15) is 38.2 Å². The van der Waals surface area contributed by atoms with Crippen molar-refractivity contribution in [1.29, 1.82) is 0 Å². The predicted molar refractivity (Wildman–Crippen MR) is 83.0 cm³/mol. The molecule has 0 heterocycles. The maximum absolute atomic E-state index is 12.0. The van der Waals surface area contributed by atoms with Crippen LogP contribution in [0.25, 0.3) is 0 Å². The number of methoxy groups -OCH3 is 1. The highest BCUT2D eigenvalue weighted by Crippen LogP contribution is 2.22. The number of hydrogen-bond acceptors (Lipinski definition) is 3. The third kappa shape index (κ3) is 5.21. The standard InChI is InChI=1S/C16H26N2O2/c1-4-13(9-10-17)5-8-16(19)18-15-7-6-14(20-3)11-12(15)2/h6-7,11,13H,4-5,8-10,17H2,1-3H3,(H,18,19). The van der Waals surface area contributed by atoms with Gasteiger partial charge in [0.15, 0.2) is 0 Å². The van der Waals surface area contributed by atoms with Crippen LogP contribution in [-0.4, -0.2) is 19.6 Å². The summed E-state index contributed by atoms with van der Waals surface area (Å²) in [6.45, 7) is 4.80. The summed E-state index contributed by atoms with van der Waals surface area (Å²) < 4.78 is 5.15. The van der Waals surface area contributed by atoms with Gasteiger partial charge in [0.05, 0.1) is 7.11 Å². The van der Waals surface area contributed by atoms with E-state index in [2.05, 4.69) is 12.2 Å². The monoisotopic (exact) mass is 278 g/mol. The van der Waals surface area contributed by atoms with E-state index in [4.69, 9.17) is 10.5 Å². The van der Waals surface area contributed by atoms with Crippen molar-refractivity contribution in [3.63, 3.8) is 0 Å². The summed E-state index contributed by atoms with van der Waals surface area (Å²) >= 11 is 0. The number of anilines is 1. The molecule has 0 fully saturated rings. The number of aryl methyl sites for hydroxylation is 1. The molecule has 0 aromatic heterocycles. The summed E-state index contributed by atoms with van der Waals surface area (Å²) in [6, 6.07) is 5.65. The lowest BCUT2D eigenvalue weighted by Crippen LogP contribution is -2.15. The molecule has 20 heavy (non-hydrogen) atoms. The lowest BCUT2D eigenvalue weighted by atomic mass is 9.96. The van der Waals surface area contributed by atoms with Gasteiger partial charge in [0.2, 0.25) is 5.91 Å². The molecule has 112 valence electrons. The van der Waals surface area contributed by atoms with Crippen molar-refractivity contribution in [2.45, 2.75) is 39.5 Å². The highest BCUT2D eigenvalue weighted by Gasteiger charge is 2.10. The molecule has 0 spiro atoms. The van der Waals surface area contributed by atoms with E-state index < -0.39 is 0 Å². The second-order valence-corrected chi connectivity index (χ2v) is 5.12. The van der Waals surface area contributed by atoms with Gasteiger partial charge in [-0.05, 0) is 56.0 Å². The van der Waals surface area contributed by atoms with E-state index in [1.165, 1.54) is 0 Å². The van der Waals surface area contributed by atoms with Gasteiger partial charge in [0.1, 0.15) is 5.75 Å². The van der Waals surface area contributed by atoms with Gasteiger partial charge < -0.3 is 15.8 Å². The van der Waals surface area contributed by atoms with Crippen molar-refractivity contribution < 1.29 is 9.53 Å². The molecule has 1 aromatic rings. The molecule has 1 unspecified atom stereocenters. The minimum absolute atomic E-state index is 0.0636. The Labute approximate surface area is 121 Å². The molecule has 4 nitrogen and oxygen atoms in total. The van der Waals surface area contributed by atoms with Gasteiger partial charge in [-0.25, -0.2) is 0 Å². The number of carbonyl (C=O) groups is 1. The van der Waals surface area contributed by atoms with Crippen molar-refractivity contribution in [2.24, 2.45) is 11.7 Å². The fraction of sp³-hybridized carbons (Fsp3) is 0.562. The Hall–Kier alpha value is -1.55. The fourth-order valence-corrected chi connectivity index (χ4v) is 2.24. The van der Waals surface area contributed by atoms with Crippen molar-refractivity contribution in [3.8, 4) is 5.75 Å². The third-order valence-electron chi connectivity index (χ3n) is 3.64. The number of benzene rings is 1. The van der Waals surface area contributed by atoms with Crippen LogP contribution >= 0.6 is 0 Å². The Morgan fingerprint density at radius 3 is 2.70 bits per heavy atom. The lowest BCUT2D eigenvalue weighted by Gasteiger charge is -2.14. The molecule has 0 aliphatic heterocycles. The topological polar surface area (TPSA) is 64.4 Å². The van der Waals surface area contributed by atoms with E-state index in [0.717, 1.165) is 36.3 Å². The number of amides is 1. The Bertz CT molecular complexity index is 432. The molecule has 1 aromatic carbocycles. The third-order valence-corrected chi connectivity index (χ3v) is 3.64. The molecule has 1 amide bonds. The summed E-state index contributed by atoms with van der Waals surface area (Å²) in [7, 11) is 1.63. The van der Waals surface area contributed by atoms with E-state index in [0.29, 0.717) is 18.9 Å². The van der Waals surface area contributed by atoms with Crippen LogP contribution in [0.3, 0.4) is 0 Å². The van der Waals surface area contributed by atoms with Crippen LogP contribution in [0.4, 0.5) is 5.69 Å². The zero-order valence-electron chi connectivity index (χ0n) is 12.7. The second kappa shape index (κ2) is 8.59. The number of nitrogens with two attached hydrogens (primary N) is 1. The van der Waals surface area contributed by atoms with Crippen LogP contribution in [0.2, 0.25) is 0 Å². The van der Waals surface area contributed by atoms with Crippen LogP contribution in [0.15, 0.2) is 18.2 Å². The minimum atomic E-state index is 0.0636.